The summed E-state index contributed by atoms with van der Waals surface area (Å²) in [6, 6.07) is 18.6. The van der Waals surface area contributed by atoms with Gasteiger partial charge < -0.3 is 29.0 Å². The molecular weight excluding hydrogens is 895 g/mol. The zero-order valence-corrected chi connectivity index (χ0v) is 43.8. The first-order chi connectivity index (χ1) is 33.7. The SMILES string of the molecule is CCn1c(-c2cccnc2[C@H](C)OC)c2c3cc(ccc31)-c1cccc(c1)CC(C)(NC(=O)[C@@H](COC1CN(C(=O)C#CC(C)(C)N(C)C3CC3)C1)C(C)C)C(=O)N1CCC[C@H](N1)C(=O)OCC(C)(C)C2. The van der Waals surface area contributed by atoms with Gasteiger partial charge >= 0.3 is 5.97 Å². The second-order valence-electron chi connectivity index (χ2n) is 22.2. The number of benzene rings is 2. The largest absolute Gasteiger partial charge is 0.464 e. The van der Waals surface area contributed by atoms with Gasteiger partial charge in [-0.1, -0.05) is 63.9 Å². The van der Waals surface area contributed by atoms with E-state index in [2.05, 4.69) is 96.3 Å². The maximum absolute atomic E-state index is 15.0. The molecule has 3 aliphatic heterocycles. The number of aryl methyl sites for hydroxylation is 1. The van der Waals surface area contributed by atoms with Crippen molar-refractivity contribution in [2.24, 2.45) is 17.3 Å². The summed E-state index contributed by atoms with van der Waals surface area (Å²) in [6.07, 6.45) is 5.49. The maximum atomic E-state index is 15.0. The molecule has 0 spiro atoms. The normalized spacial score (nSPS) is 21.8. The van der Waals surface area contributed by atoms with Gasteiger partial charge in [0.05, 0.1) is 48.3 Å². The number of carbonyl (C=O) groups excluding carboxylic acids is 4. The zero-order chi connectivity index (χ0) is 51.0. The van der Waals surface area contributed by atoms with Gasteiger partial charge in [0.2, 0.25) is 5.91 Å². The van der Waals surface area contributed by atoms with Crippen molar-refractivity contribution in [1.29, 1.82) is 0 Å². The molecule has 4 atom stereocenters. The van der Waals surface area contributed by atoms with E-state index >= 15 is 4.79 Å². The predicted octanol–water partition coefficient (Wildman–Crippen LogP) is 7.51. The summed E-state index contributed by atoms with van der Waals surface area (Å²) in [4.78, 5) is 65.4. The molecule has 4 aromatic rings. The molecule has 2 saturated heterocycles. The summed E-state index contributed by atoms with van der Waals surface area (Å²) in [5.41, 5.74) is 8.86. The molecule has 6 bridgehead atoms. The Kier molecular flexibility index (Phi) is 15.2. The highest BCUT2D eigenvalue weighted by atomic mass is 16.5. The highest BCUT2D eigenvalue weighted by Crippen LogP contribution is 2.42. The minimum absolute atomic E-state index is 0.118. The molecule has 71 heavy (non-hydrogen) atoms. The van der Waals surface area contributed by atoms with Crippen LogP contribution in [0, 0.1) is 29.1 Å². The van der Waals surface area contributed by atoms with Gasteiger partial charge in [-0.15, -0.1) is 0 Å². The van der Waals surface area contributed by atoms with Gasteiger partial charge in [-0.2, -0.15) is 0 Å². The quantitative estimate of drug-likeness (QED) is 0.108. The number of nitrogens with zero attached hydrogens (tertiary/aromatic N) is 5. The molecule has 1 saturated carbocycles. The third-order valence-electron chi connectivity index (χ3n) is 15.2. The van der Waals surface area contributed by atoms with Gasteiger partial charge in [0.25, 0.3) is 11.8 Å². The van der Waals surface area contributed by atoms with Crippen LogP contribution in [-0.2, 0) is 52.8 Å². The van der Waals surface area contributed by atoms with E-state index in [4.69, 9.17) is 19.2 Å². The van der Waals surface area contributed by atoms with E-state index < -0.39 is 34.4 Å². The Hall–Kier alpha value is -5.59. The number of aromatic nitrogens is 2. The number of hydrogen-bond acceptors (Lipinski definition) is 10. The van der Waals surface area contributed by atoms with Crippen LogP contribution in [0.3, 0.4) is 0 Å². The highest BCUT2D eigenvalue weighted by molar-refractivity contribution is 5.96. The van der Waals surface area contributed by atoms with Crippen LogP contribution in [0.2, 0.25) is 0 Å². The number of nitrogens with one attached hydrogen (secondary N) is 2. The molecule has 2 aromatic heterocycles. The number of amides is 3. The molecule has 1 aliphatic carbocycles. The number of esters is 1. The smallest absolute Gasteiger partial charge is 0.324 e. The molecule has 2 aromatic carbocycles. The Morgan fingerprint density at radius 2 is 1.76 bits per heavy atom. The molecule has 3 amide bonds. The molecule has 8 rings (SSSR count). The third-order valence-corrected chi connectivity index (χ3v) is 15.2. The summed E-state index contributed by atoms with van der Waals surface area (Å²) in [7, 11) is 3.76. The van der Waals surface area contributed by atoms with E-state index in [0.717, 1.165) is 62.9 Å². The van der Waals surface area contributed by atoms with E-state index in [1.165, 1.54) is 5.01 Å². The van der Waals surface area contributed by atoms with Gasteiger partial charge in [-0.25, -0.2) is 5.43 Å². The summed E-state index contributed by atoms with van der Waals surface area (Å²) in [6.45, 7) is 20.3. The van der Waals surface area contributed by atoms with Crippen LogP contribution in [-0.4, -0.2) is 124 Å². The first-order valence-electron chi connectivity index (χ1n) is 25.7. The average Bonchev–Trinajstić information content (AvgIpc) is 4.14. The van der Waals surface area contributed by atoms with Gasteiger partial charge in [0, 0.05) is 73.8 Å². The lowest BCUT2D eigenvalue weighted by atomic mass is 9.84. The minimum atomic E-state index is -1.43. The standard InChI is InChI=1S/C57H75N7O7/c1-12-63-48-23-20-40-29-44(48)45(51(63)43-18-14-26-58-50(43)37(4)69-11)31-55(5,6)35-71-53(67)47-19-15-27-64(60-47)54(68)57(9,30-38-16-13-17-39(40)28-38)59-52(66)46(36(2)3)34-70-42-32-62(33-42)49(65)24-25-56(7,8)61(10)41-21-22-41/h13-14,16-18,20,23,26,28-29,36-37,41-42,46-47,60H,12,15,19,21-22,27,30-35H2,1-11H3,(H,59,66)/t37-,46-,47-,57?/m0/s1. The number of hydrogen-bond donors (Lipinski definition) is 2. The Morgan fingerprint density at radius 3 is 2.46 bits per heavy atom. The Bertz CT molecular complexity index is 2710. The molecular formula is C57H75N7O7. The molecule has 380 valence electrons. The number of rotatable bonds is 12. The fourth-order valence-electron chi connectivity index (χ4n) is 10.4. The fourth-order valence-corrected chi connectivity index (χ4v) is 10.4. The summed E-state index contributed by atoms with van der Waals surface area (Å²) in [5.74, 6) is 4.00. The van der Waals surface area contributed by atoms with E-state index in [9.17, 15) is 14.4 Å². The van der Waals surface area contributed by atoms with Gasteiger partial charge in [-0.3, -0.25) is 34.1 Å². The van der Waals surface area contributed by atoms with Crippen LogP contribution in [0.15, 0.2) is 60.8 Å². The Morgan fingerprint density at radius 1 is 1.01 bits per heavy atom. The van der Waals surface area contributed by atoms with Crippen LogP contribution >= 0.6 is 0 Å². The second-order valence-corrected chi connectivity index (χ2v) is 22.2. The second kappa shape index (κ2) is 20.9. The van der Waals surface area contributed by atoms with Crippen LogP contribution in [0.25, 0.3) is 33.3 Å². The van der Waals surface area contributed by atoms with Gasteiger partial charge in [0.1, 0.15) is 11.6 Å². The number of fused-ring (bicyclic) bond motifs is 6. The lowest BCUT2D eigenvalue weighted by molar-refractivity contribution is -0.157. The number of pyridine rings is 1. The van der Waals surface area contributed by atoms with Crippen molar-refractivity contribution < 1.29 is 33.4 Å². The number of cyclic esters (lactones) is 1. The van der Waals surface area contributed by atoms with Crippen LogP contribution < -0.4 is 10.7 Å². The van der Waals surface area contributed by atoms with Crippen molar-refractivity contribution in [3.05, 3.63) is 77.6 Å². The third kappa shape index (κ3) is 11.2. The first-order valence-corrected chi connectivity index (χ1v) is 25.7. The van der Waals surface area contributed by atoms with E-state index in [-0.39, 0.29) is 55.5 Å². The van der Waals surface area contributed by atoms with Crippen molar-refractivity contribution in [1.82, 2.24) is 35.1 Å². The number of ether oxygens (including phenoxy) is 3. The van der Waals surface area contributed by atoms with Crippen molar-refractivity contribution in [3.63, 3.8) is 0 Å². The molecule has 14 heteroatoms. The molecule has 14 nitrogen and oxygen atoms in total. The predicted molar refractivity (Wildman–Crippen MR) is 276 cm³/mol. The Balaban J connectivity index is 1.09. The lowest BCUT2D eigenvalue weighted by Gasteiger charge is -2.41. The van der Waals surface area contributed by atoms with Crippen LogP contribution in [0.5, 0.6) is 0 Å². The molecule has 1 unspecified atom stereocenters. The van der Waals surface area contributed by atoms with Crippen molar-refractivity contribution in [3.8, 4) is 34.2 Å². The van der Waals surface area contributed by atoms with Gasteiger partial charge in [-0.05, 0) is 132 Å². The van der Waals surface area contributed by atoms with Gasteiger partial charge in [0.15, 0.2) is 0 Å². The lowest BCUT2D eigenvalue weighted by Crippen LogP contribution is -2.66. The van der Waals surface area contributed by atoms with Crippen molar-refractivity contribution >= 4 is 34.6 Å². The highest BCUT2D eigenvalue weighted by Gasteiger charge is 2.44. The van der Waals surface area contributed by atoms with E-state index in [1.807, 2.05) is 52.8 Å². The average molecular weight is 970 g/mol. The zero-order valence-electron chi connectivity index (χ0n) is 43.8. The van der Waals surface area contributed by atoms with E-state index in [1.54, 1.807) is 25.1 Å². The van der Waals surface area contributed by atoms with Crippen molar-refractivity contribution in [2.75, 3.05) is 47.0 Å². The number of carbonyl (C=O) groups is 4. The molecule has 2 N–H and O–H groups in total. The minimum Gasteiger partial charge on any atom is -0.464 e. The fraction of sp³-hybridized carbons (Fsp3) is 0.561. The van der Waals surface area contributed by atoms with Crippen molar-refractivity contribution in [2.45, 2.75) is 143 Å². The molecule has 5 heterocycles. The van der Waals surface area contributed by atoms with Crippen LogP contribution in [0.1, 0.15) is 111 Å². The van der Waals surface area contributed by atoms with Crippen LogP contribution in [0.4, 0.5) is 0 Å². The monoisotopic (exact) mass is 970 g/mol. The Labute approximate surface area is 420 Å². The maximum Gasteiger partial charge on any atom is 0.324 e. The molecule has 3 fully saturated rings. The number of methoxy groups -OCH3 is 1. The summed E-state index contributed by atoms with van der Waals surface area (Å²) in [5, 5.41) is 5.80. The number of likely N-dealkylation sites (tertiary alicyclic amines) is 1. The van der Waals surface area contributed by atoms with E-state index in [0.29, 0.717) is 51.5 Å². The topological polar surface area (TPSA) is 148 Å². The summed E-state index contributed by atoms with van der Waals surface area (Å²) < 4.78 is 20.7. The first kappa shape index (κ1) is 51.8. The molecule has 0 radical (unpaired) electrons. The molecule has 4 aliphatic rings. The number of hydrazine groups is 1. The summed E-state index contributed by atoms with van der Waals surface area (Å²) >= 11 is 0.